The van der Waals surface area contributed by atoms with E-state index in [4.69, 9.17) is 34.8 Å². The first-order chi connectivity index (χ1) is 14.8. The van der Waals surface area contributed by atoms with Crippen molar-refractivity contribution in [3.63, 3.8) is 0 Å². The molecule has 3 atom stereocenters. The van der Waals surface area contributed by atoms with Gasteiger partial charge >= 0.3 is 0 Å². The average Bonchev–Trinajstić information content (AvgIpc) is 2.76. The van der Waals surface area contributed by atoms with Crippen molar-refractivity contribution >= 4 is 52.3 Å². The molecule has 0 heterocycles. The SMILES string of the molecule is Cc1c(Cl)cccc1N(C(=O)CCl)[C@H](C(=O)N[C@H]1CCCC[C@H]1C)c1ccccc1Cl. The van der Waals surface area contributed by atoms with Gasteiger partial charge in [-0.05, 0) is 49.4 Å². The van der Waals surface area contributed by atoms with Gasteiger partial charge in [-0.25, -0.2) is 0 Å². The van der Waals surface area contributed by atoms with E-state index in [-0.39, 0.29) is 17.8 Å². The molecule has 4 nitrogen and oxygen atoms in total. The van der Waals surface area contributed by atoms with Crippen molar-refractivity contribution in [3.05, 3.63) is 63.6 Å². The molecule has 2 aromatic rings. The standard InChI is InChI=1S/C24H27Cl3N2O2/c1-15-8-3-6-12-20(15)28-24(31)23(17-9-4-5-10-19(17)27)29(22(30)14-25)21-13-7-11-18(26)16(21)2/h4-5,7,9-11,13,15,20,23H,3,6,8,12,14H2,1-2H3,(H,28,31)/t15-,20+,23+/m1/s1. The molecular weight excluding hydrogens is 455 g/mol. The minimum Gasteiger partial charge on any atom is -0.351 e. The number of anilines is 1. The van der Waals surface area contributed by atoms with E-state index in [1.54, 1.807) is 42.5 Å². The van der Waals surface area contributed by atoms with Crippen LogP contribution in [0.2, 0.25) is 10.0 Å². The fourth-order valence-corrected chi connectivity index (χ4v) is 4.76. The molecule has 0 spiro atoms. The first kappa shape index (κ1) is 23.9. The first-order valence-corrected chi connectivity index (χ1v) is 11.8. The number of carbonyl (C=O) groups excluding carboxylic acids is 2. The number of rotatable bonds is 6. The van der Waals surface area contributed by atoms with Crippen molar-refractivity contribution in [1.29, 1.82) is 0 Å². The van der Waals surface area contributed by atoms with Crippen molar-refractivity contribution < 1.29 is 9.59 Å². The molecule has 0 aliphatic heterocycles. The normalized spacial score (nSPS) is 19.5. The zero-order valence-electron chi connectivity index (χ0n) is 17.7. The van der Waals surface area contributed by atoms with E-state index in [2.05, 4.69) is 12.2 Å². The maximum absolute atomic E-state index is 13.7. The molecule has 1 aliphatic carbocycles. The average molecular weight is 482 g/mol. The monoisotopic (exact) mass is 480 g/mol. The Morgan fingerprint density at radius 2 is 1.74 bits per heavy atom. The quantitative estimate of drug-likeness (QED) is 0.491. The van der Waals surface area contributed by atoms with E-state index in [1.165, 1.54) is 11.3 Å². The predicted octanol–water partition coefficient (Wildman–Crippen LogP) is 6.31. The topological polar surface area (TPSA) is 49.4 Å². The van der Waals surface area contributed by atoms with Gasteiger partial charge in [0.2, 0.25) is 11.8 Å². The summed E-state index contributed by atoms with van der Waals surface area (Å²) in [5, 5.41) is 4.10. The lowest BCUT2D eigenvalue weighted by atomic mass is 9.85. The van der Waals surface area contributed by atoms with Gasteiger partial charge in [-0.15, -0.1) is 11.6 Å². The molecule has 2 amide bonds. The molecule has 0 saturated heterocycles. The van der Waals surface area contributed by atoms with E-state index in [1.807, 2.05) is 6.92 Å². The minimum atomic E-state index is -0.966. The van der Waals surface area contributed by atoms with Crippen molar-refractivity contribution in [3.8, 4) is 0 Å². The largest absolute Gasteiger partial charge is 0.351 e. The van der Waals surface area contributed by atoms with Crippen LogP contribution in [-0.4, -0.2) is 23.7 Å². The molecule has 0 aromatic heterocycles. The van der Waals surface area contributed by atoms with Gasteiger partial charge in [-0.3, -0.25) is 14.5 Å². The van der Waals surface area contributed by atoms with E-state index in [0.717, 1.165) is 19.3 Å². The molecule has 2 aromatic carbocycles. The van der Waals surface area contributed by atoms with E-state index < -0.39 is 11.9 Å². The maximum atomic E-state index is 13.7. The number of benzene rings is 2. The summed E-state index contributed by atoms with van der Waals surface area (Å²) < 4.78 is 0. The van der Waals surface area contributed by atoms with Crippen LogP contribution in [0.15, 0.2) is 42.5 Å². The van der Waals surface area contributed by atoms with Gasteiger partial charge in [-0.1, -0.05) is 67.2 Å². The Labute approximate surface area is 198 Å². The Morgan fingerprint density at radius 3 is 2.42 bits per heavy atom. The molecule has 0 unspecified atom stereocenters. The van der Waals surface area contributed by atoms with E-state index in [9.17, 15) is 9.59 Å². The summed E-state index contributed by atoms with van der Waals surface area (Å²) in [6.45, 7) is 3.97. The Hall–Kier alpha value is -1.75. The summed E-state index contributed by atoms with van der Waals surface area (Å²) >= 11 is 18.8. The van der Waals surface area contributed by atoms with E-state index >= 15 is 0 Å². The van der Waals surface area contributed by atoms with Crippen LogP contribution in [0.5, 0.6) is 0 Å². The summed E-state index contributed by atoms with van der Waals surface area (Å²) in [7, 11) is 0. The number of halogens is 3. The maximum Gasteiger partial charge on any atom is 0.248 e. The third-order valence-electron chi connectivity index (χ3n) is 6.03. The number of amides is 2. The lowest BCUT2D eigenvalue weighted by Crippen LogP contribution is -2.49. The minimum absolute atomic E-state index is 0.0552. The van der Waals surface area contributed by atoms with Crippen LogP contribution in [0, 0.1) is 12.8 Å². The van der Waals surface area contributed by atoms with Crippen LogP contribution < -0.4 is 10.2 Å². The second kappa shape index (κ2) is 10.7. The molecule has 0 radical (unpaired) electrons. The zero-order valence-corrected chi connectivity index (χ0v) is 20.0. The van der Waals surface area contributed by atoms with Gasteiger partial charge in [0.25, 0.3) is 0 Å². The molecule has 31 heavy (non-hydrogen) atoms. The van der Waals surface area contributed by atoms with Gasteiger partial charge in [0.1, 0.15) is 11.9 Å². The molecule has 1 fully saturated rings. The number of nitrogens with zero attached hydrogens (tertiary/aromatic N) is 1. The Morgan fingerprint density at radius 1 is 1.06 bits per heavy atom. The Bertz CT molecular complexity index is 950. The number of hydrogen-bond acceptors (Lipinski definition) is 2. The van der Waals surface area contributed by atoms with Crippen LogP contribution >= 0.6 is 34.8 Å². The van der Waals surface area contributed by atoms with E-state index in [0.29, 0.717) is 32.8 Å². The summed E-state index contributed by atoms with van der Waals surface area (Å²) in [5.41, 5.74) is 1.77. The summed E-state index contributed by atoms with van der Waals surface area (Å²) in [6.07, 6.45) is 4.23. The summed E-state index contributed by atoms with van der Waals surface area (Å²) in [6, 6.07) is 11.4. The molecule has 0 bridgehead atoms. The molecular formula is C24H27Cl3N2O2. The fraction of sp³-hybridized carbons (Fsp3) is 0.417. The third-order valence-corrected chi connectivity index (χ3v) is 7.01. The fourth-order valence-electron chi connectivity index (χ4n) is 4.23. The molecule has 3 rings (SSSR count). The Balaban J connectivity index is 2.10. The molecule has 1 saturated carbocycles. The first-order valence-electron chi connectivity index (χ1n) is 10.5. The van der Waals surface area contributed by atoms with Crippen LogP contribution in [0.1, 0.15) is 49.8 Å². The number of carbonyl (C=O) groups is 2. The van der Waals surface area contributed by atoms with Gasteiger partial charge in [0.05, 0.1) is 0 Å². The van der Waals surface area contributed by atoms with Gasteiger partial charge < -0.3 is 5.32 Å². The van der Waals surface area contributed by atoms with Crippen molar-refractivity contribution in [2.45, 2.75) is 51.6 Å². The van der Waals surface area contributed by atoms with Crippen LogP contribution in [0.4, 0.5) is 5.69 Å². The lowest BCUT2D eigenvalue weighted by Gasteiger charge is -2.36. The van der Waals surface area contributed by atoms with Crippen LogP contribution in [-0.2, 0) is 9.59 Å². The van der Waals surface area contributed by atoms with Crippen LogP contribution in [0.25, 0.3) is 0 Å². The lowest BCUT2D eigenvalue weighted by molar-refractivity contribution is -0.126. The second-order valence-electron chi connectivity index (χ2n) is 8.08. The Kier molecular flexibility index (Phi) is 8.26. The van der Waals surface area contributed by atoms with Gasteiger partial charge in [0.15, 0.2) is 0 Å². The molecule has 1 aliphatic rings. The van der Waals surface area contributed by atoms with Crippen molar-refractivity contribution in [2.24, 2.45) is 5.92 Å². The smallest absolute Gasteiger partial charge is 0.248 e. The highest BCUT2D eigenvalue weighted by atomic mass is 35.5. The number of hydrogen-bond donors (Lipinski definition) is 1. The van der Waals surface area contributed by atoms with Crippen LogP contribution in [0.3, 0.4) is 0 Å². The molecule has 7 heteroatoms. The zero-order chi connectivity index (χ0) is 22.5. The third kappa shape index (κ3) is 5.36. The van der Waals surface area contributed by atoms with Gasteiger partial charge in [-0.2, -0.15) is 0 Å². The number of nitrogens with one attached hydrogen (secondary N) is 1. The van der Waals surface area contributed by atoms with Crippen molar-refractivity contribution in [1.82, 2.24) is 5.32 Å². The summed E-state index contributed by atoms with van der Waals surface area (Å²) in [5.74, 6) is -0.580. The molecule has 166 valence electrons. The highest BCUT2D eigenvalue weighted by molar-refractivity contribution is 6.33. The highest BCUT2D eigenvalue weighted by Gasteiger charge is 2.36. The molecule has 1 N–H and O–H groups in total. The van der Waals surface area contributed by atoms with Gasteiger partial charge in [0, 0.05) is 27.3 Å². The second-order valence-corrected chi connectivity index (χ2v) is 9.16. The number of alkyl halides is 1. The predicted molar refractivity (Wildman–Crippen MR) is 128 cm³/mol. The highest BCUT2D eigenvalue weighted by Crippen LogP contribution is 2.36. The van der Waals surface area contributed by atoms with Crippen molar-refractivity contribution in [2.75, 3.05) is 10.8 Å². The summed E-state index contributed by atoms with van der Waals surface area (Å²) in [4.78, 5) is 28.2.